The van der Waals surface area contributed by atoms with Gasteiger partial charge in [0.2, 0.25) is 0 Å². The summed E-state index contributed by atoms with van der Waals surface area (Å²) in [4.78, 5) is 31.0. The molecule has 0 aromatic rings. The van der Waals surface area contributed by atoms with Crippen LogP contribution in [-0.4, -0.2) is 72.7 Å². The first-order chi connectivity index (χ1) is 11.7. The third-order valence-corrected chi connectivity index (χ3v) is 5.05. The highest BCUT2D eigenvalue weighted by molar-refractivity contribution is 7.80. The van der Waals surface area contributed by atoms with E-state index in [1.807, 2.05) is 0 Å². The zero-order valence-corrected chi connectivity index (χ0v) is 14.6. The van der Waals surface area contributed by atoms with E-state index in [9.17, 15) is 18.0 Å². The monoisotopic (exact) mass is 378 g/mol. The number of hydroxylamine groups is 3. The Morgan fingerprint density at radius 2 is 2.20 bits per heavy atom. The summed E-state index contributed by atoms with van der Waals surface area (Å²) >= 11 is 0. The zero-order chi connectivity index (χ0) is 18.2. The van der Waals surface area contributed by atoms with Crippen LogP contribution >= 0.6 is 0 Å². The molecule has 142 valence electrons. The highest BCUT2D eigenvalue weighted by Crippen LogP contribution is 2.30. The second-order valence-corrected chi connectivity index (χ2v) is 7.74. The second kappa shape index (κ2) is 7.03. The van der Waals surface area contributed by atoms with Crippen LogP contribution in [-0.2, 0) is 24.3 Å². The lowest BCUT2D eigenvalue weighted by molar-refractivity contribution is -0.139. The highest BCUT2D eigenvalue weighted by atomic mass is 32.3. The van der Waals surface area contributed by atoms with E-state index in [1.165, 1.54) is 4.90 Å². The Morgan fingerprint density at radius 1 is 1.44 bits per heavy atom. The van der Waals surface area contributed by atoms with E-state index >= 15 is 0 Å². The van der Waals surface area contributed by atoms with Gasteiger partial charge in [0.15, 0.2) is 0 Å². The van der Waals surface area contributed by atoms with Gasteiger partial charge < -0.3 is 10.2 Å². The SMILES string of the molecule is C[C@H]1CN[C@@H](CONC(=O)C2CCC3CN2C(=O)N3OS(=O)(=O)O)C1. The number of nitrogens with zero attached hydrogens (tertiary/aromatic N) is 2. The van der Waals surface area contributed by atoms with E-state index in [0.29, 0.717) is 30.4 Å². The molecular weight excluding hydrogens is 356 g/mol. The molecule has 3 fully saturated rings. The largest absolute Gasteiger partial charge is 0.418 e. The Balaban J connectivity index is 1.52. The van der Waals surface area contributed by atoms with Crippen LogP contribution in [0.2, 0.25) is 0 Å². The van der Waals surface area contributed by atoms with Crippen LogP contribution < -0.4 is 10.8 Å². The molecule has 4 atom stereocenters. The van der Waals surface area contributed by atoms with E-state index in [2.05, 4.69) is 22.0 Å². The van der Waals surface area contributed by atoms with Crippen molar-refractivity contribution >= 4 is 22.3 Å². The molecule has 25 heavy (non-hydrogen) atoms. The van der Waals surface area contributed by atoms with Crippen molar-refractivity contribution in [3.63, 3.8) is 0 Å². The van der Waals surface area contributed by atoms with Crippen LogP contribution in [0.4, 0.5) is 4.79 Å². The average Bonchev–Trinajstić information content (AvgIpc) is 3.04. The third kappa shape index (κ3) is 4.20. The normalized spacial score (nSPS) is 32.3. The summed E-state index contributed by atoms with van der Waals surface area (Å²) in [6.07, 6.45) is 1.68. The number of hydrogen-bond acceptors (Lipinski definition) is 7. The highest BCUT2D eigenvalue weighted by Gasteiger charge is 2.49. The molecule has 11 nitrogen and oxygen atoms in total. The minimum absolute atomic E-state index is 0.147. The fraction of sp³-hybridized carbons (Fsp3) is 0.846. The number of rotatable bonds is 6. The Kier molecular flexibility index (Phi) is 5.16. The van der Waals surface area contributed by atoms with Gasteiger partial charge in [-0.1, -0.05) is 6.92 Å². The van der Waals surface area contributed by atoms with Crippen molar-refractivity contribution in [3.8, 4) is 0 Å². The van der Waals surface area contributed by atoms with Crippen LogP contribution in [0.1, 0.15) is 26.2 Å². The summed E-state index contributed by atoms with van der Waals surface area (Å²) in [5.74, 6) is 0.0992. The number of nitrogens with one attached hydrogen (secondary N) is 2. The quantitative estimate of drug-likeness (QED) is 0.397. The fourth-order valence-electron chi connectivity index (χ4n) is 3.53. The van der Waals surface area contributed by atoms with Crippen LogP contribution in [0.25, 0.3) is 0 Å². The lowest BCUT2D eigenvalue weighted by Crippen LogP contribution is -2.50. The molecule has 0 aromatic carbocycles. The van der Waals surface area contributed by atoms with Gasteiger partial charge in [0.1, 0.15) is 6.04 Å². The van der Waals surface area contributed by atoms with Gasteiger partial charge in [-0.25, -0.2) is 10.3 Å². The van der Waals surface area contributed by atoms with Gasteiger partial charge in [0.05, 0.1) is 12.6 Å². The Hall–Kier alpha value is -1.47. The summed E-state index contributed by atoms with van der Waals surface area (Å²) in [6, 6.07) is -1.89. The topological polar surface area (TPSA) is 138 Å². The molecule has 0 aromatic heterocycles. The molecule has 3 rings (SSSR count). The smallest absolute Gasteiger partial charge is 0.311 e. The van der Waals surface area contributed by atoms with Gasteiger partial charge in [-0.05, 0) is 31.7 Å². The molecule has 12 heteroatoms. The number of hydrogen-bond donors (Lipinski definition) is 3. The van der Waals surface area contributed by atoms with E-state index in [4.69, 9.17) is 9.39 Å². The molecule has 2 unspecified atom stereocenters. The lowest BCUT2D eigenvalue weighted by Gasteiger charge is -2.29. The van der Waals surface area contributed by atoms with Crippen LogP contribution in [0.3, 0.4) is 0 Å². The van der Waals surface area contributed by atoms with Gasteiger partial charge >= 0.3 is 16.4 Å². The van der Waals surface area contributed by atoms with E-state index in [1.54, 1.807) is 0 Å². The molecule has 0 saturated carbocycles. The van der Waals surface area contributed by atoms with Crippen LogP contribution in [0.15, 0.2) is 0 Å². The number of urea groups is 1. The summed E-state index contributed by atoms with van der Waals surface area (Å²) in [6.45, 7) is 3.52. The minimum Gasteiger partial charge on any atom is -0.311 e. The van der Waals surface area contributed by atoms with Crippen molar-refractivity contribution < 1.29 is 31.7 Å². The number of amides is 3. The molecule has 3 aliphatic rings. The zero-order valence-electron chi connectivity index (χ0n) is 13.8. The molecule has 0 aliphatic carbocycles. The Morgan fingerprint density at radius 3 is 2.84 bits per heavy atom. The molecule has 0 radical (unpaired) electrons. The van der Waals surface area contributed by atoms with E-state index in [0.717, 1.165) is 13.0 Å². The third-order valence-electron chi connectivity index (χ3n) is 4.70. The number of carbonyl (C=O) groups excluding carboxylic acids is 2. The van der Waals surface area contributed by atoms with Gasteiger partial charge in [-0.2, -0.15) is 13.5 Å². The average molecular weight is 378 g/mol. The second-order valence-electron chi connectivity index (χ2n) is 6.73. The fourth-order valence-corrected chi connectivity index (χ4v) is 3.92. The predicted molar refractivity (Wildman–Crippen MR) is 83.1 cm³/mol. The first-order valence-electron chi connectivity index (χ1n) is 8.16. The van der Waals surface area contributed by atoms with Crippen molar-refractivity contribution in [2.24, 2.45) is 5.92 Å². The molecule has 3 aliphatic heterocycles. The summed E-state index contributed by atoms with van der Waals surface area (Å²) in [5.41, 5.74) is 2.36. The standard InChI is InChI=1S/C13H22N4O7S/c1-8-4-9(14-5-8)7-23-15-12(18)11-3-2-10-6-16(11)13(19)17(10)24-25(20,21)22/h8-11,14H,2-7H2,1H3,(H,15,18)(H,20,21,22)/t8-,9-,10?,11?/m1/s1. The molecule has 0 spiro atoms. The first kappa shape index (κ1) is 18.3. The molecule has 3 amide bonds. The van der Waals surface area contributed by atoms with Gasteiger partial charge in [0.25, 0.3) is 5.91 Å². The molecule has 3 N–H and O–H groups in total. The van der Waals surface area contributed by atoms with Crippen LogP contribution in [0.5, 0.6) is 0 Å². The lowest BCUT2D eigenvalue weighted by atomic mass is 10.0. The maximum Gasteiger partial charge on any atom is 0.418 e. The van der Waals surface area contributed by atoms with Crippen LogP contribution in [0, 0.1) is 5.92 Å². The minimum atomic E-state index is -4.80. The Bertz CT molecular complexity index is 642. The maximum atomic E-state index is 12.3. The number of carbonyl (C=O) groups is 2. The van der Waals surface area contributed by atoms with Gasteiger partial charge in [0, 0.05) is 12.6 Å². The maximum absolute atomic E-state index is 12.3. The molecular formula is C13H22N4O7S. The van der Waals surface area contributed by atoms with E-state index < -0.39 is 34.4 Å². The van der Waals surface area contributed by atoms with Crippen molar-refractivity contribution in [1.82, 2.24) is 20.8 Å². The molecule has 3 heterocycles. The van der Waals surface area contributed by atoms with Crippen molar-refractivity contribution in [1.29, 1.82) is 0 Å². The molecule has 2 bridgehead atoms. The van der Waals surface area contributed by atoms with E-state index in [-0.39, 0.29) is 12.6 Å². The summed E-state index contributed by atoms with van der Waals surface area (Å²) < 4.78 is 34.8. The van der Waals surface area contributed by atoms with Crippen molar-refractivity contribution in [2.75, 3.05) is 19.7 Å². The summed E-state index contributed by atoms with van der Waals surface area (Å²) in [7, 11) is -4.80. The first-order valence-corrected chi connectivity index (χ1v) is 9.53. The Labute approximate surface area is 145 Å². The van der Waals surface area contributed by atoms with Crippen molar-refractivity contribution in [3.05, 3.63) is 0 Å². The molecule has 3 saturated heterocycles. The number of piperidine rings is 1. The van der Waals surface area contributed by atoms with Gasteiger partial charge in [-0.3, -0.25) is 14.2 Å². The van der Waals surface area contributed by atoms with Crippen molar-refractivity contribution in [2.45, 2.75) is 44.3 Å². The van der Waals surface area contributed by atoms with Gasteiger partial charge in [-0.15, -0.1) is 4.28 Å². The summed E-state index contributed by atoms with van der Waals surface area (Å²) in [5, 5.41) is 3.88. The number of fused-ring (bicyclic) bond motifs is 2. The predicted octanol–water partition coefficient (Wildman–Crippen LogP) is -0.965.